The Bertz CT molecular complexity index is 388. The molecule has 0 heterocycles. The number of benzene rings is 1. The zero-order valence-corrected chi connectivity index (χ0v) is 12.2. The summed E-state index contributed by atoms with van der Waals surface area (Å²) in [5.41, 5.74) is 3.81. The van der Waals surface area contributed by atoms with Gasteiger partial charge >= 0.3 is 5.97 Å². The molecule has 1 aromatic rings. The molecule has 1 rings (SSSR count). The summed E-state index contributed by atoms with van der Waals surface area (Å²) >= 11 is 3.54. The van der Waals surface area contributed by atoms with E-state index < -0.39 is 0 Å². The van der Waals surface area contributed by atoms with Crippen LogP contribution < -0.4 is 0 Å². The van der Waals surface area contributed by atoms with Crippen molar-refractivity contribution in [3.8, 4) is 0 Å². The van der Waals surface area contributed by atoms with Crippen LogP contribution in [0.15, 0.2) is 18.2 Å². The Hall–Kier alpha value is -0.830. The van der Waals surface area contributed by atoms with Crippen molar-refractivity contribution in [1.82, 2.24) is 0 Å². The van der Waals surface area contributed by atoms with Crippen molar-refractivity contribution in [3.63, 3.8) is 0 Å². The largest absolute Gasteiger partial charge is 0.466 e. The molecule has 0 fully saturated rings. The highest BCUT2D eigenvalue weighted by molar-refractivity contribution is 9.09. The van der Waals surface area contributed by atoms with E-state index in [1.165, 1.54) is 16.7 Å². The van der Waals surface area contributed by atoms with Gasteiger partial charge in [0.2, 0.25) is 0 Å². The van der Waals surface area contributed by atoms with Crippen LogP contribution in [0.1, 0.15) is 30.0 Å². The molecule has 17 heavy (non-hydrogen) atoms. The van der Waals surface area contributed by atoms with Gasteiger partial charge in [-0.25, -0.2) is 0 Å². The summed E-state index contributed by atoms with van der Waals surface area (Å²) in [5.74, 6) is -0.139. The molecule has 1 unspecified atom stereocenters. The van der Waals surface area contributed by atoms with E-state index in [1.54, 1.807) is 0 Å². The monoisotopic (exact) mass is 298 g/mol. The van der Waals surface area contributed by atoms with Gasteiger partial charge in [-0.2, -0.15) is 0 Å². The van der Waals surface area contributed by atoms with E-state index in [0.29, 0.717) is 13.0 Å². The van der Waals surface area contributed by atoms with Crippen LogP contribution in [0.3, 0.4) is 0 Å². The van der Waals surface area contributed by atoms with Crippen LogP contribution in [0, 0.1) is 13.8 Å². The van der Waals surface area contributed by atoms with Crippen LogP contribution in [0.5, 0.6) is 0 Å². The number of ether oxygens (including phenoxy) is 1. The number of carbonyl (C=O) groups excluding carboxylic acids is 1. The van der Waals surface area contributed by atoms with Gasteiger partial charge in [0.05, 0.1) is 13.0 Å². The van der Waals surface area contributed by atoms with Gasteiger partial charge < -0.3 is 4.74 Å². The number of alkyl halides is 1. The van der Waals surface area contributed by atoms with Gasteiger partial charge in [-0.15, -0.1) is 0 Å². The second kappa shape index (κ2) is 6.80. The Labute approximate surface area is 111 Å². The highest BCUT2D eigenvalue weighted by atomic mass is 79.9. The lowest BCUT2D eigenvalue weighted by Crippen LogP contribution is -2.13. The molecule has 0 saturated heterocycles. The lowest BCUT2D eigenvalue weighted by molar-refractivity contribution is -0.143. The summed E-state index contributed by atoms with van der Waals surface area (Å²) in [6.45, 7) is 6.45. The molecule has 0 saturated carbocycles. The quantitative estimate of drug-likeness (QED) is 0.614. The fourth-order valence-electron chi connectivity index (χ4n) is 1.73. The molecule has 0 aliphatic rings. The first-order chi connectivity index (χ1) is 8.02. The second-order valence-corrected chi connectivity index (χ2v) is 5.54. The molecular formula is C14H19BrO2. The van der Waals surface area contributed by atoms with Crippen LogP contribution in [-0.4, -0.2) is 17.4 Å². The highest BCUT2D eigenvalue weighted by Crippen LogP contribution is 2.18. The minimum Gasteiger partial charge on any atom is -0.466 e. The van der Waals surface area contributed by atoms with Crippen LogP contribution in [0.25, 0.3) is 0 Å². The predicted molar refractivity (Wildman–Crippen MR) is 73.6 cm³/mol. The molecule has 0 aliphatic heterocycles. The summed E-state index contributed by atoms with van der Waals surface area (Å²) in [7, 11) is 0. The van der Waals surface area contributed by atoms with E-state index in [0.717, 1.165) is 6.42 Å². The third-order valence-electron chi connectivity index (χ3n) is 2.64. The van der Waals surface area contributed by atoms with Crippen molar-refractivity contribution >= 4 is 21.9 Å². The molecule has 0 amide bonds. The lowest BCUT2D eigenvalue weighted by atomic mass is 10.0. The van der Waals surface area contributed by atoms with Crippen molar-refractivity contribution in [1.29, 1.82) is 0 Å². The first kappa shape index (κ1) is 14.2. The minimum atomic E-state index is -0.139. The third-order valence-corrected chi connectivity index (χ3v) is 3.29. The first-order valence-electron chi connectivity index (χ1n) is 5.88. The molecule has 94 valence electrons. The second-order valence-electron chi connectivity index (χ2n) is 4.24. The number of rotatable bonds is 5. The van der Waals surface area contributed by atoms with Crippen molar-refractivity contribution < 1.29 is 9.53 Å². The standard InChI is InChI=1S/C14H19BrO2/c1-4-17-14(16)9-13(15)8-12-7-10(2)5-6-11(12)3/h5-7,13H,4,8-9H2,1-3H3. The van der Waals surface area contributed by atoms with Gasteiger partial charge in [0.1, 0.15) is 0 Å². The van der Waals surface area contributed by atoms with Gasteiger partial charge in [-0.1, -0.05) is 39.7 Å². The SMILES string of the molecule is CCOC(=O)CC(Br)Cc1cc(C)ccc1C. The van der Waals surface area contributed by atoms with E-state index in [2.05, 4.69) is 48.0 Å². The Morgan fingerprint density at radius 1 is 1.41 bits per heavy atom. The van der Waals surface area contributed by atoms with Crippen LogP contribution in [0.4, 0.5) is 0 Å². The number of hydrogen-bond donors (Lipinski definition) is 0. The van der Waals surface area contributed by atoms with Crippen molar-refractivity contribution in [2.75, 3.05) is 6.61 Å². The summed E-state index contributed by atoms with van der Waals surface area (Å²) < 4.78 is 4.94. The third kappa shape index (κ3) is 4.90. The highest BCUT2D eigenvalue weighted by Gasteiger charge is 2.13. The molecule has 0 radical (unpaired) electrons. The van der Waals surface area contributed by atoms with Crippen molar-refractivity contribution in [2.24, 2.45) is 0 Å². The van der Waals surface area contributed by atoms with Crippen LogP contribution in [-0.2, 0) is 16.0 Å². The van der Waals surface area contributed by atoms with E-state index >= 15 is 0 Å². The molecule has 0 spiro atoms. The van der Waals surface area contributed by atoms with Gasteiger partial charge in [-0.3, -0.25) is 4.79 Å². The molecule has 0 N–H and O–H groups in total. The van der Waals surface area contributed by atoms with Crippen LogP contribution >= 0.6 is 15.9 Å². The smallest absolute Gasteiger partial charge is 0.306 e. The topological polar surface area (TPSA) is 26.3 Å². The van der Waals surface area contributed by atoms with E-state index in [4.69, 9.17) is 4.74 Å². The van der Waals surface area contributed by atoms with E-state index in [9.17, 15) is 4.79 Å². The lowest BCUT2D eigenvalue weighted by Gasteiger charge is -2.12. The zero-order chi connectivity index (χ0) is 12.8. The first-order valence-corrected chi connectivity index (χ1v) is 6.80. The number of esters is 1. The molecule has 0 aliphatic carbocycles. The van der Waals surface area contributed by atoms with Crippen LogP contribution in [0.2, 0.25) is 0 Å². The fourth-order valence-corrected chi connectivity index (χ4v) is 2.34. The average Bonchev–Trinajstić information content (AvgIpc) is 2.23. The summed E-state index contributed by atoms with van der Waals surface area (Å²) in [5, 5.41) is 0. The molecular weight excluding hydrogens is 280 g/mol. The average molecular weight is 299 g/mol. The molecule has 1 atom stereocenters. The fraction of sp³-hybridized carbons (Fsp3) is 0.500. The van der Waals surface area contributed by atoms with Crippen molar-refractivity contribution in [2.45, 2.75) is 38.4 Å². The van der Waals surface area contributed by atoms with E-state index in [-0.39, 0.29) is 10.8 Å². The Balaban J connectivity index is 2.58. The molecule has 0 bridgehead atoms. The Morgan fingerprint density at radius 2 is 2.12 bits per heavy atom. The minimum absolute atomic E-state index is 0.139. The predicted octanol–water partition coefficient (Wildman–Crippen LogP) is 3.56. The maximum absolute atomic E-state index is 11.3. The van der Waals surface area contributed by atoms with Gasteiger partial charge in [0.25, 0.3) is 0 Å². The van der Waals surface area contributed by atoms with E-state index in [1.807, 2.05) is 6.92 Å². The Morgan fingerprint density at radius 3 is 2.76 bits per heavy atom. The summed E-state index contributed by atoms with van der Waals surface area (Å²) in [4.78, 5) is 11.5. The summed E-state index contributed by atoms with van der Waals surface area (Å²) in [6.07, 6.45) is 1.27. The number of hydrogen-bond acceptors (Lipinski definition) is 2. The number of aryl methyl sites for hydroxylation is 2. The van der Waals surface area contributed by atoms with Gasteiger partial charge in [0.15, 0.2) is 0 Å². The normalized spacial score (nSPS) is 12.2. The number of halogens is 1. The van der Waals surface area contributed by atoms with Gasteiger partial charge in [-0.05, 0) is 38.3 Å². The van der Waals surface area contributed by atoms with Gasteiger partial charge in [0, 0.05) is 4.83 Å². The summed E-state index contributed by atoms with van der Waals surface area (Å²) in [6, 6.07) is 6.40. The molecule has 3 heteroatoms. The molecule has 0 aromatic heterocycles. The maximum atomic E-state index is 11.3. The van der Waals surface area contributed by atoms with Crippen molar-refractivity contribution in [3.05, 3.63) is 34.9 Å². The zero-order valence-electron chi connectivity index (χ0n) is 10.6. The molecule has 2 nitrogen and oxygen atoms in total. The number of carbonyl (C=O) groups is 1. The maximum Gasteiger partial charge on any atom is 0.306 e. The Kier molecular flexibility index (Phi) is 5.69. The molecule has 1 aromatic carbocycles.